The summed E-state index contributed by atoms with van der Waals surface area (Å²) in [4.78, 5) is 4.31. The van der Waals surface area contributed by atoms with Gasteiger partial charge in [-0.2, -0.15) is 0 Å². The summed E-state index contributed by atoms with van der Waals surface area (Å²) in [5.74, 6) is 0.692. The van der Waals surface area contributed by atoms with Crippen LogP contribution >= 0.6 is 0 Å². The second kappa shape index (κ2) is 11.1. The van der Waals surface area contributed by atoms with Crippen molar-refractivity contribution in [1.29, 1.82) is 0 Å². The summed E-state index contributed by atoms with van der Waals surface area (Å²) in [6, 6.07) is 11.6. The highest BCUT2D eigenvalue weighted by atomic mass is 15.1. The molecule has 0 amide bonds. The van der Waals surface area contributed by atoms with Crippen molar-refractivity contribution in [1.82, 2.24) is 9.55 Å². The van der Waals surface area contributed by atoms with E-state index in [0.29, 0.717) is 12.0 Å². The molecule has 2 atom stereocenters. The summed E-state index contributed by atoms with van der Waals surface area (Å²) < 4.78 is 2.36. The molecule has 2 rings (SSSR count). The topological polar surface area (TPSA) is 17.8 Å². The van der Waals surface area contributed by atoms with E-state index < -0.39 is 0 Å². The van der Waals surface area contributed by atoms with Gasteiger partial charge in [-0.05, 0) is 30.7 Å². The minimum Gasteiger partial charge on any atom is -0.334 e. The molecule has 0 saturated carbocycles. The molecule has 24 heavy (non-hydrogen) atoms. The SMILES string of the molecule is CCCCCCCC(C(CCC)Cc1ccccc1)n1ccnc1. The van der Waals surface area contributed by atoms with E-state index in [1.165, 1.54) is 63.4 Å². The number of rotatable bonds is 12. The number of aromatic nitrogens is 2. The van der Waals surface area contributed by atoms with Crippen molar-refractivity contribution in [2.24, 2.45) is 5.92 Å². The summed E-state index contributed by atoms with van der Waals surface area (Å²) in [5.41, 5.74) is 1.46. The highest BCUT2D eigenvalue weighted by molar-refractivity contribution is 5.15. The van der Waals surface area contributed by atoms with Gasteiger partial charge in [0, 0.05) is 18.4 Å². The Morgan fingerprint density at radius 1 is 0.917 bits per heavy atom. The highest BCUT2D eigenvalue weighted by Gasteiger charge is 2.22. The van der Waals surface area contributed by atoms with Gasteiger partial charge in [0.15, 0.2) is 0 Å². The lowest BCUT2D eigenvalue weighted by molar-refractivity contribution is 0.281. The molecular weight excluding hydrogens is 292 g/mol. The first kappa shape index (κ1) is 18.8. The van der Waals surface area contributed by atoms with Crippen LogP contribution < -0.4 is 0 Å². The average molecular weight is 327 g/mol. The maximum Gasteiger partial charge on any atom is 0.0948 e. The van der Waals surface area contributed by atoms with Crippen LogP contribution in [0.2, 0.25) is 0 Å². The fourth-order valence-electron chi connectivity index (χ4n) is 3.77. The molecule has 0 bridgehead atoms. The van der Waals surface area contributed by atoms with Gasteiger partial charge >= 0.3 is 0 Å². The number of hydrogen-bond acceptors (Lipinski definition) is 1. The zero-order chi connectivity index (χ0) is 17.0. The smallest absolute Gasteiger partial charge is 0.0948 e. The van der Waals surface area contributed by atoms with Crippen molar-refractivity contribution < 1.29 is 0 Å². The van der Waals surface area contributed by atoms with Crippen LogP contribution in [0.5, 0.6) is 0 Å². The van der Waals surface area contributed by atoms with Crippen LogP contribution in [-0.2, 0) is 6.42 Å². The van der Waals surface area contributed by atoms with Crippen molar-refractivity contribution in [2.45, 2.75) is 77.7 Å². The normalized spacial score (nSPS) is 13.8. The van der Waals surface area contributed by atoms with Crippen molar-refractivity contribution >= 4 is 0 Å². The first-order valence-electron chi connectivity index (χ1n) is 9.86. The fourth-order valence-corrected chi connectivity index (χ4v) is 3.77. The molecule has 1 aromatic carbocycles. The highest BCUT2D eigenvalue weighted by Crippen LogP contribution is 2.31. The summed E-state index contributed by atoms with van der Waals surface area (Å²) in [6.45, 7) is 4.59. The monoisotopic (exact) mass is 326 g/mol. The van der Waals surface area contributed by atoms with E-state index in [2.05, 4.69) is 59.9 Å². The molecule has 132 valence electrons. The predicted molar refractivity (Wildman–Crippen MR) is 103 cm³/mol. The van der Waals surface area contributed by atoms with Crippen LogP contribution in [0, 0.1) is 5.92 Å². The van der Waals surface area contributed by atoms with Gasteiger partial charge in [0.2, 0.25) is 0 Å². The van der Waals surface area contributed by atoms with Gasteiger partial charge < -0.3 is 4.57 Å². The number of benzene rings is 1. The van der Waals surface area contributed by atoms with E-state index in [9.17, 15) is 0 Å². The van der Waals surface area contributed by atoms with Crippen LogP contribution in [0.1, 0.15) is 76.8 Å². The summed E-state index contributed by atoms with van der Waals surface area (Å²) in [5, 5.41) is 0. The maximum absolute atomic E-state index is 4.31. The van der Waals surface area contributed by atoms with Gasteiger partial charge in [-0.3, -0.25) is 0 Å². The van der Waals surface area contributed by atoms with Crippen LogP contribution in [0.4, 0.5) is 0 Å². The fraction of sp³-hybridized carbons (Fsp3) is 0.591. The third-order valence-corrected chi connectivity index (χ3v) is 5.06. The molecule has 1 heterocycles. The number of unbranched alkanes of at least 4 members (excludes halogenated alkanes) is 4. The minimum atomic E-state index is 0.578. The van der Waals surface area contributed by atoms with Crippen LogP contribution in [-0.4, -0.2) is 9.55 Å². The molecule has 2 unspecified atom stereocenters. The third kappa shape index (κ3) is 6.14. The zero-order valence-corrected chi connectivity index (χ0v) is 15.5. The minimum absolute atomic E-state index is 0.578. The van der Waals surface area contributed by atoms with Gasteiger partial charge in [-0.15, -0.1) is 0 Å². The van der Waals surface area contributed by atoms with E-state index in [0.717, 1.165) is 0 Å². The van der Waals surface area contributed by atoms with E-state index in [4.69, 9.17) is 0 Å². The van der Waals surface area contributed by atoms with Gasteiger partial charge in [0.1, 0.15) is 0 Å². The Balaban J connectivity index is 2.03. The lowest BCUT2D eigenvalue weighted by atomic mass is 9.85. The second-order valence-corrected chi connectivity index (χ2v) is 7.02. The molecular formula is C22H34N2. The van der Waals surface area contributed by atoms with Crippen LogP contribution in [0.15, 0.2) is 49.1 Å². The molecule has 0 fully saturated rings. The van der Waals surface area contributed by atoms with E-state index in [-0.39, 0.29) is 0 Å². The molecule has 2 aromatic rings. The Labute approximate surface area is 148 Å². The lowest BCUT2D eigenvalue weighted by Crippen LogP contribution is -2.21. The van der Waals surface area contributed by atoms with Crippen molar-refractivity contribution in [2.75, 3.05) is 0 Å². The van der Waals surface area contributed by atoms with E-state index in [1.54, 1.807) is 0 Å². The van der Waals surface area contributed by atoms with E-state index >= 15 is 0 Å². The van der Waals surface area contributed by atoms with Crippen molar-refractivity contribution in [3.63, 3.8) is 0 Å². The quantitative estimate of drug-likeness (QED) is 0.410. The largest absolute Gasteiger partial charge is 0.334 e. The second-order valence-electron chi connectivity index (χ2n) is 7.02. The Hall–Kier alpha value is -1.57. The maximum atomic E-state index is 4.31. The standard InChI is InChI=1S/C22H34N2/c1-3-5-6-7-11-15-22(24-17-16-23-19-24)21(12-4-2)18-20-13-9-8-10-14-20/h8-10,13-14,16-17,19,21-22H,3-7,11-12,15,18H2,1-2H3. The third-order valence-electron chi connectivity index (χ3n) is 5.06. The molecule has 0 N–H and O–H groups in total. The van der Waals surface area contributed by atoms with Gasteiger partial charge in [-0.1, -0.05) is 82.7 Å². The predicted octanol–water partition coefficient (Wildman–Crippen LogP) is 6.44. The molecule has 0 aliphatic heterocycles. The summed E-state index contributed by atoms with van der Waals surface area (Å²) >= 11 is 0. The van der Waals surface area contributed by atoms with Crippen molar-refractivity contribution in [3.8, 4) is 0 Å². The molecule has 0 spiro atoms. The first-order valence-corrected chi connectivity index (χ1v) is 9.86. The lowest BCUT2D eigenvalue weighted by Gasteiger charge is -2.28. The Bertz CT molecular complexity index is 518. The molecule has 0 aliphatic carbocycles. The summed E-state index contributed by atoms with van der Waals surface area (Å²) in [7, 11) is 0. The number of nitrogens with zero attached hydrogens (tertiary/aromatic N) is 2. The van der Waals surface area contributed by atoms with Crippen LogP contribution in [0.25, 0.3) is 0 Å². The van der Waals surface area contributed by atoms with Gasteiger partial charge in [0.25, 0.3) is 0 Å². The molecule has 2 heteroatoms. The number of imidazole rings is 1. The summed E-state index contributed by atoms with van der Waals surface area (Å²) in [6.07, 6.45) is 17.8. The molecule has 0 saturated heterocycles. The molecule has 0 radical (unpaired) electrons. The van der Waals surface area contributed by atoms with E-state index in [1.807, 2.05) is 12.5 Å². The van der Waals surface area contributed by atoms with Gasteiger partial charge in [-0.25, -0.2) is 4.98 Å². The Morgan fingerprint density at radius 2 is 1.71 bits per heavy atom. The van der Waals surface area contributed by atoms with Crippen molar-refractivity contribution in [3.05, 3.63) is 54.6 Å². The van der Waals surface area contributed by atoms with Crippen LogP contribution in [0.3, 0.4) is 0 Å². The first-order chi connectivity index (χ1) is 11.8. The molecule has 2 nitrogen and oxygen atoms in total. The number of hydrogen-bond donors (Lipinski definition) is 0. The zero-order valence-electron chi connectivity index (χ0n) is 15.5. The molecule has 1 aromatic heterocycles. The average Bonchev–Trinajstić information content (AvgIpc) is 3.13. The molecule has 0 aliphatic rings. The van der Waals surface area contributed by atoms with Gasteiger partial charge in [0.05, 0.1) is 6.33 Å². The Morgan fingerprint density at radius 3 is 2.38 bits per heavy atom. The Kier molecular flexibility index (Phi) is 8.65.